The second-order valence-electron chi connectivity index (χ2n) is 3.39. The lowest BCUT2D eigenvalue weighted by Gasteiger charge is -2.32. The number of nitrogens with zero attached hydrogens (tertiary/aromatic N) is 1. The molecule has 14 heavy (non-hydrogen) atoms. The number of aliphatic hydroxyl groups is 2. The van der Waals surface area contributed by atoms with E-state index < -0.39 is 5.72 Å². The maximum absolute atomic E-state index is 9.79. The van der Waals surface area contributed by atoms with Gasteiger partial charge in [0, 0.05) is 19.8 Å². The number of rotatable bonds is 3. The number of aliphatic hydroxyl groups excluding tert-OH is 1. The summed E-state index contributed by atoms with van der Waals surface area (Å²) in [6.07, 6.45) is 3.39. The van der Waals surface area contributed by atoms with Gasteiger partial charge in [-0.3, -0.25) is 0 Å². The third-order valence-corrected chi connectivity index (χ3v) is 2.67. The van der Waals surface area contributed by atoms with Gasteiger partial charge in [0.15, 0.2) is 5.72 Å². The molecule has 0 aromatic carbocycles. The second kappa shape index (κ2) is 4.21. The molecule has 3 N–H and O–H groups in total. The third kappa shape index (κ3) is 2.20. The standard InChI is InChI=1S/C9H15ClN2O2/c1-9(14)8(10)7(3-4-11-9)12(2)5-6-13/h3-4,11,13-14H,5-6H2,1-2H3. The van der Waals surface area contributed by atoms with E-state index in [1.807, 2.05) is 0 Å². The summed E-state index contributed by atoms with van der Waals surface area (Å²) in [7, 11) is 1.81. The first-order chi connectivity index (χ1) is 6.49. The van der Waals surface area contributed by atoms with Crippen LogP contribution in [0.25, 0.3) is 0 Å². The Morgan fingerprint density at radius 1 is 1.64 bits per heavy atom. The zero-order chi connectivity index (χ0) is 10.8. The van der Waals surface area contributed by atoms with Crippen molar-refractivity contribution in [2.45, 2.75) is 12.6 Å². The quantitative estimate of drug-likeness (QED) is 0.633. The molecule has 1 aliphatic rings. The molecule has 0 fully saturated rings. The van der Waals surface area contributed by atoms with E-state index in [0.717, 1.165) is 0 Å². The van der Waals surface area contributed by atoms with Gasteiger partial charge in [0.2, 0.25) is 0 Å². The molecular formula is C9H15ClN2O2. The number of allylic oxidation sites excluding steroid dienone is 1. The van der Waals surface area contributed by atoms with Gasteiger partial charge in [-0.1, -0.05) is 11.6 Å². The van der Waals surface area contributed by atoms with Gasteiger partial charge in [-0.2, -0.15) is 0 Å². The molecule has 0 aromatic heterocycles. The number of hydrogen-bond acceptors (Lipinski definition) is 4. The number of hydrogen-bond donors (Lipinski definition) is 3. The SMILES string of the molecule is CN(CCO)C1=C(Cl)C(C)(O)NC=C1. The van der Waals surface area contributed by atoms with Crippen LogP contribution in [0.2, 0.25) is 0 Å². The molecule has 1 unspecified atom stereocenters. The highest BCUT2D eigenvalue weighted by atomic mass is 35.5. The summed E-state index contributed by atoms with van der Waals surface area (Å²) >= 11 is 6.00. The topological polar surface area (TPSA) is 55.7 Å². The van der Waals surface area contributed by atoms with E-state index in [4.69, 9.17) is 16.7 Å². The van der Waals surface area contributed by atoms with E-state index in [2.05, 4.69) is 5.32 Å². The fraction of sp³-hybridized carbons (Fsp3) is 0.556. The average molecular weight is 219 g/mol. The minimum Gasteiger partial charge on any atom is -0.395 e. The predicted octanol–water partition coefficient (Wildman–Crippen LogP) is 0.186. The molecule has 80 valence electrons. The van der Waals surface area contributed by atoms with E-state index in [9.17, 15) is 5.11 Å². The Balaban J connectivity index is 2.90. The minimum absolute atomic E-state index is 0.0492. The van der Waals surface area contributed by atoms with E-state index in [0.29, 0.717) is 17.3 Å². The van der Waals surface area contributed by atoms with Gasteiger partial charge in [-0.25, -0.2) is 0 Å². The Bertz CT molecular complexity index is 274. The first-order valence-electron chi connectivity index (χ1n) is 4.38. The molecule has 0 saturated heterocycles. The van der Waals surface area contributed by atoms with Crippen molar-refractivity contribution < 1.29 is 10.2 Å². The Kier molecular flexibility index (Phi) is 3.42. The van der Waals surface area contributed by atoms with E-state index in [1.165, 1.54) is 0 Å². The van der Waals surface area contributed by atoms with Gasteiger partial charge < -0.3 is 20.4 Å². The molecule has 1 aliphatic heterocycles. The minimum atomic E-state index is -1.23. The summed E-state index contributed by atoms with van der Waals surface area (Å²) in [6, 6.07) is 0. The number of nitrogens with one attached hydrogen (secondary N) is 1. The average Bonchev–Trinajstić information content (AvgIpc) is 2.10. The van der Waals surface area contributed by atoms with Crippen molar-refractivity contribution in [3.63, 3.8) is 0 Å². The number of halogens is 1. The van der Waals surface area contributed by atoms with E-state index in [1.54, 1.807) is 31.1 Å². The van der Waals surface area contributed by atoms with Crippen LogP contribution in [0.4, 0.5) is 0 Å². The highest BCUT2D eigenvalue weighted by Gasteiger charge is 2.29. The lowest BCUT2D eigenvalue weighted by Crippen LogP contribution is -2.43. The van der Waals surface area contributed by atoms with Crippen LogP contribution in [0.15, 0.2) is 23.0 Å². The van der Waals surface area contributed by atoms with Crippen molar-refractivity contribution in [3.8, 4) is 0 Å². The van der Waals surface area contributed by atoms with Crippen LogP contribution in [-0.2, 0) is 0 Å². The van der Waals surface area contributed by atoms with Crippen molar-refractivity contribution in [1.82, 2.24) is 10.2 Å². The normalized spacial score (nSPS) is 26.4. The van der Waals surface area contributed by atoms with Gasteiger partial charge in [0.1, 0.15) is 0 Å². The Hall–Kier alpha value is -0.710. The summed E-state index contributed by atoms with van der Waals surface area (Å²) in [6.45, 7) is 2.10. The van der Waals surface area contributed by atoms with Crippen molar-refractivity contribution in [2.24, 2.45) is 0 Å². The zero-order valence-corrected chi connectivity index (χ0v) is 9.04. The highest BCUT2D eigenvalue weighted by Crippen LogP contribution is 2.27. The lowest BCUT2D eigenvalue weighted by atomic mass is 10.1. The van der Waals surface area contributed by atoms with Crippen molar-refractivity contribution in [2.75, 3.05) is 20.2 Å². The summed E-state index contributed by atoms with van der Waals surface area (Å²) < 4.78 is 0. The highest BCUT2D eigenvalue weighted by molar-refractivity contribution is 6.31. The number of dihydropyridines is 1. The molecule has 0 amide bonds. The maximum Gasteiger partial charge on any atom is 0.171 e. The largest absolute Gasteiger partial charge is 0.395 e. The molecule has 0 saturated carbocycles. The smallest absolute Gasteiger partial charge is 0.171 e. The van der Waals surface area contributed by atoms with Gasteiger partial charge in [0.05, 0.1) is 17.3 Å². The fourth-order valence-corrected chi connectivity index (χ4v) is 1.50. The van der Waals surface area contributed by atoms with Crippen molar-refractivity contribution in [3.05, 3.63) is 23.0 Å². The monoisotopic (exact) mass is 218 g/mol. The summed E-state index contributed by atoms with van der Waals surface area (Å²) in [5.41, 5.74) is -0.514. The lowest BCUT2D eigenvalue weighted by molar-refractivity contribution is 0.0792. The van der Waals surface area contributed by atoms with Gasteiger partial charge >= 0.3 is 0 Å². The summed E-state index contributed by atoms with van der Waals surface area (Å²) in [5.74, 6) is 0. The summed E-state index contributed by atoms with van der Waals surface area (Å²) in [4.78, 5) is 1.79. The maximum atomic E-state index is 9.79. The van der Waals surface area contributed by atoms with Crippen LogP contribution >= 0.6 is 11.6 Å². The van der Waals surface area contributed by atoms with Crippen LogP contribution in [0.1, 0.15) is 6.92 Å². The fourth-order valence-electron chi connectivity index (χ4n) is 1.23. The van der Waals surface area contributed by atoms with Crippen LogP contribution in [-0.4, -0.2) is 41.0 Å². The van der Waals surface area contributed by atoms with Crippen molar-refractivity contribution >= 4 is 11.6 Å². The van der Waals surface area contributed by atoms with Gasteiger partial charge in [-0.05, 0) is 13.0 Å². The predicted molar refractivity (Wildman–Crippen MR) is 55.5 cm³/mol. The van der Waals surface area contributed by atoms with E-state index in [-0.39, 0.29) is 6.61 Å². The van der Waals surface area contributed by atoms with Crippen LogP contribution in [0.3, 0.4) is 0 Å². The van der Waals surface area contributed by atoms with Crippen LogP contribution in [0.5, 0.6) is 0 Å². The van der Waals surface area contributed by atoms with Gasteiger partial charge in [0.25, 0.3) is 0 Å². The van der Waals surface area contributed by atoms with Crippen molar-refractivity contribution in [1.29, 1.82) is 0 Å². The Morgan fingerprint density at radius 3 is 2.86 bits per heavy atom. The molecule has 5 heteroatoms. The molecule has 0 aliphatic carbocycles. The molecule has 0 radical (unpaired) electrons. The Labute approximate surface area is 88.5 Å². The Morgan fingerprint density at radius 2 is 2.29 bits per heavy atom. The second-order valence-corrected chi connectivity index (χ2v) is 3.77. The number of likely N-dealkylation sites (N-methyl/N-ethyl adjacent to an activating group) is 1. The van der Waals surface area contributed by atoms with Crippen LogP contribution < -0.4 is 5.32 Å². The van der Waals surface area contributed by atoms with E-state index >= 15 is 0 Å². The third-order valence-electron chi connectivity index (χ3n) is 2.10. The first-order valence-corrected chi connectivity index (χ1v) is 4.75. The molecule has 0 bridgehead atoms. The molecule has 1 rings (SSSR count). The molecule has 0 spiro atoms. The molecule has 0 aromatic rings. The first kappa shape index (κ1) is 11.4. The molecular weight excluding hydrogens is 204 g/mol. The molecule has 4 nitrogen and oxygen atoms in total. The summed E-state index contributed by atoms with van der Waals surface area (Å²) in [5, 5.41) is 21.6. The van der Waals surface area contributed by atoms with Gasteiger partial charge in [-0.15, -0.1) is 0 Å². The van der Waals surface area contributed by atoms with Crippen LogP contribution in [0, 0.1) is 0 Å². The molecule has 1 atom stereocenters. The molecule has 1 heterocycles. The zero-order valence-electron chi connectivity index (χ0n) is 8.29.